The molecule has 7 nitrogen and oxygen atoms in total. The van der Waals surface area contributed by atoms with E-state index in [4.69, 9.17) is 4.74 Å². The molecule has 0 bridgehead atoms. The zero-order chi connectivity index (χ0) is 24.0. The maximum Gasteiger partial charge on any atom is 0.338 e. The Balaban J connectivity index is 1.46. The van der Waals surface area contributed by atoms with Crippen LogP contribution < -0.4 is 10.6 Å². The Hall–Kier alpha value is -3.35. The summed E-state index contributed by atoms with van der Waals surface area (Å²) >= 11 is 0. The van der Waals surface area contributed by atoms with Crippen molar-refractivity contribution in [2.24, 2.45) is 0 Å². The quantitative estimate of drug-likeness (QED) is 0.651. The van der Waals surface area contributed by atoms with E-state index in [9.17, 15) is 14.4 Å². The van der Waals surface area contributed by atoms with E-state index in [1.54, 1.807) is 36.1 Å². The van der Waals surface area contributed by atoms with Crippen molar-refractivity contribution in [3.63, 3.8) is 0 Å². The number of nitrogens with one attached hydrogen (secondary N) is 2. The fourth-order valence-corrected chi connectivity index (χ4v) is 3.72. The van der Waals surface area contributed by atoms with Crippen LogP contribution >= 0.6 is 0 Å². The van der Waals surface area contributed by atoms with Gasteiger partial charge in [0, 0.05) is 30.4 Å². The van der Waals surface area contributed by atoms with Gasteiger partial charge in [-0.3, -0.25) is 4.79 Å². The maximum absolute atomic E-state index is 12.6. The standard InChI is InChI=1S/C26H33N3O4/c1-5-33-24(31)19-8-12-21(13-9-19)28-25(32)29-16-14-22(15-17-29)27-23(30)18-6-10-20(11-7-18)26(2,3)4/h6-13,22H,5,14-17H2,1-4H3,(H,27,30)(H,28,32). The number of rotatable bonds is 5. The summed E-state index contributed by atoms with van der Waals surface area (Å²) in [6, 6.07) is 14.2. The molecule has 1 fully saturated rings. The van der Waals surface area contributed by atoms with Gasteiger partial charge in [-0.05, 0) is 67.1 Å². The maximum atomic E-state index is 12.6. The van der Waals surface area contributed by atoms with Crippen molar-refractivity contribution in [3.8, 4) is 0 Å². The Bertz CT molecular complexity index is 970. The number of likely N-dealkylation sites (tertiary alicyclic amines) is 1. The van der Waals surface area contributed by atoms with Gasteiger partial charge in [0.25, 0.3) is 5.91 Å². The van der Waals surface area contributed by atoms with Crippen molar-refractivity contribution in [2.75, 3.05) is 25.0 Å². The molecule has 1 heterocycles. The van der Waals surface area contributed by atoms with Crippen LogP contribution in [0.2, 0.25) is 0 Å². The minimum Gasteiger partial charge on any atom is -0.462 e. The fourth-order valence-electron chi connectivity index (χ4n) is 3.72. The molecule has 176 valence electrons. The molecule has 2 aromatic rings. The minimum atomic E-state index is -0.385. The third-order valence-electron chi connectivity index (χ3n) is 5.78. The van der Waals surface area contributed by atoms with Crippen molar-refractivity contribution in [1.29, 1.82) is 0 Å². The van der Waals surface area contributed by atoms with Crippen LogP contribution in [0.4, 0.5) is 10.5 Å². The van der Waals surface area contributed by atoms with Crippen LogP contribution in [0, 0.1) is 0 Å². The highest BCUT2D eigenvalue weighted by Crippen LogP contribution is 2.22. The molecule has 0 aliphatic carbocycles. The lowest BCUT2D eigenvalue weighted by molar-refractivity contribution is 0.0526. The summed E-state index contributed by atoms with van der Waals surface area (Å²) in [6.07, 6.45) is 1.39. The normalized spacial score (nSPS) is 14.5. The molecule has 7 heteroatoms. The molecule has 0 saturated carbocycles. The second-order valence-electron chi connectivity index (χ2n) is 9.29. The van der Waals surface area contributed by atoms with Crippen LogP contribution in [0.25, 0.3) is 0 Å². The van der Waals surface area contributed by atoms with Gasteiger partial charge in [0.05, 0.1) is 12.2 Å². The molecule has 0 aromatic heterocycles. The molecule has 2 N–H and O–H groups in total. The number of nitrogens with zero attached hydrogens (tertiary/aromatic N) is 1. The van der Waals surface area contributed by atoms with Gasteiger partial charge in [0.15, 0.2) is 0 Å². The molecule has 0 unspecified atom stereocenters. The first kappa shape index (κ1) is 24.3. The highest BCUT2D eigenvalue weighted by atomic mass is 16.5. The summed E-state index contributed by atoms with van der Waals surface area (Å²) in [5, 5.41) is 5.94. The Kier molecular flexibility index (Phi) is 7.74. The molecule has 33 heavy (non-hydrogen) atoms. The second kappa shape index (κ2) is 10.5. The van der Waals surface area contributed by atoms with Crippen molar-refractivity contribution in [1.82, 2.24) is 10.2 Å². The number of hydrogen-bond donors (Lipinski definition) is 2. The monoisotopic (exact) mass is 451 g/mol. The number of urea groups is 1. The van der Waals surface area contributed by atoms with Gasteiger partial charge in [-0.25, -0.2) is 9.59 Å². The molecule has 0 spiro atoms. The summed E-state index contributed by atoms with van der Waals surface area (Å²) in [6.45, 7) is 9.61. The number of hydrogen-bond acceptors (Lipinski definition) is 4. The van der Waals surface area contributed by atoms with Gasteiger partial charge in [0.1, 0.15) is 0 Å². The summed E-state index contributed by atoms with van der Waals surface area (Å²) in [4.78, 5) is 38.7. The topological polar surface area (TPSA) is 87.7 Å². The number of anilines is 1. The van der Waals surface area contributed by atoms with Gasteiger partial charge < -0.3 is 20.3 Å². The highest BCUT2D eigenvalue weighted by Gasteiger charge is 2.24. The third kappa shape index (κ3) is 6.57. The SMILES string of the molecule is CCOC(=O)c1ccc(NC(=O)N2CCC(NC(=O)c3ccc(C(C)(C)C)cc3)CC2)cc1. The number of amides is 3. The number of ether oxygens (including phenoxy) is 1. The fraction of sp³-hybridized carbons (Fsp3) is 0.423. The number of benzene rings is 2. The third-order valence-corrected chi connectivity index (χ3v) is 5.78. The number of esters is 1. The zero-order valence-corrected chi connectivity index (χ0v) is 19.8. The van der Waals surface area contributed by atoms with Crippen molar-refractivity contribution >= 4 is 23.6 Å². The smallest absolute Gasteiger partial charge is 0.338 e. The first-order valence-corrected chi connectivity index (χ1v) is 11.4. The minimum absolute atomic E-state index is 0.0349. The lowest BCUT2D eigenvalue weighted by Gasteiger charge is -2.32. The molecule has 2 aromatic carbocycles. The first-order valence-electron chi connectivity index (χ1n) is 11.4. The van der Waals surface area contributed by atoms with E-state index in [-0.39, 0.29) is 29.4 Å². The van der Waals surface area contributed by atoms with Crippen LogP contribution in [-0.2, 0) is 10.2 Å². The molecule has 1 aliphatic rings. The lowest BCUT2D eigenvalue weighted by atomic mass is 9.86. The Morgan fingerprint density at radius 2 is 1.52 bits per heavy atom. The Morgan fingerprint density at radius 3 is 2.06 bits per heavy atom. The summed E-state index contributed by atoms with van der Waals surface area (Å²) in [5.74, 6) is -0.468. The average Bonchev–Trinajstić information content (AvgIpc) is 2.79. The van der Waals surface area contributed by atoms with Gasteiger partial charge >= 0.3 is 12.0 Å². The van der Waals surface area contributed by atoms with Crippen LogP contribution in [0.5, 0.6) is 0 Å². The number of carbonyl (C=O) groups is 3. The molecular formula is C26H33N3O4. The van der Waals surface area contributed by atoms with Gasteiger partial charge in [-0.1, -0.05) is 32.9 Å². The van der Waals surface area contributed by atoms with Crippen LogP contribution in [0.3, 0.4) is 0 Å². The first-order chi connectivity index (χ1) is 15.7. The highest BCUT2D eigenvalue weighted by molar-refractivity contribution is 5.94. The van der Waals surface area contributed by atoms with Crippen LogP contribution in [-0.4, -0.2) is 48.5 Å². The lowest BCUT2D eigenvalue weighted by Crippen LogP contribution is -2.47. The van der Waals surface area contributed by atoms with Gasteiger partial charge in [-0.2, -0.15) is 0 Å². The van der Waals surface area contributed by atoms with Gasteiger partial charge in [0.2, 0.25) is 0 Å². The Labute approximate surface area is 195 Å². The van der Waals surface area contributed by atoms with E-state index < -0.39 is 0 Å². The molecule has 0 radical (unpaired) electrons. The average molecular weight is 452 g/mol. The van der Waals surface area contributed by atoms with E-state index >= 15 is 0 Å². The summed E-state index contributed by atoms with van der Waals surface area (Å²) in [7, 11) is 0. The van der Waals surface area contributed by atoms with E-state index in [0.29, 0.717) is 49.4 Å². The predicted octanol–water partition coefficient (Wildman–Crippen LogP) is 4.59. The van der Waals surface area contributed by atoms with E-state index in [1.165, 1.54) is 5.56 Å². The van der Waals surface area contributed by atoms with E-state index in [1.807, 2.05) is 24.3 Å². The van der Waals surface area contributed by atoms with Gasteiger partial charge in [-0.15, -0.1) is 0 Å². The largest absolute Gasteiger partial charge is 0.462 e. The molecular weight excluding hydrogens is 418 g/mol. The zero-order valence-electron chi connectivity index (χ0n) is 19.8. The molecule has 0 atom stereocenters. The number of piperidine rings is 1. The van der Waals surface area contributed by atoms with Crippen molar-refractivity contribution < 1.29 is 19.1 Å². The molecule has 3 rings (SSSR count). The Morgan fingerprint density at radius 1 is 0.939 bits per heavy atom. The summed E-state index contributed by atoms with van der Waals surface area (Å²) in [5.41, 5.74) is 2.94. The molecule has 3 amide bonds. The summed E-state index contributed by atoms with van der Waals surface area (Å²) < 4.78 is 4.96. The van der Waals surface area contributed by atoms with Crippen LogP contribution in [0.1, 0.15) is 66.8 Å². The van der Waals surface area contributed by atoms with E-state index in [0.717, 1.165) is 0 Å². The molecule has 1 saturated heterocycles. The van der Waals surface area contributed by atoms with Crippen molar-refractivity contribution in [2.45, 2.75) is 52.0 Å². The van der Waals surface area contributed by atoms with Crippen LogP contribution in [0.15, 0.2) is 48.5 Å². The van der Waals surface area contributed by atoms with Crippen molar-refractivity contribution in [3.05, 3.63) is 65.2 Å². The second-order valence-corrected chi connectivity index (χ2v) is 9.29. The molecule has 1 aliphatic heterocycles. The number of carbonyl (C=O) groups excluding carboxylic acids is 3. The van der Waals surface area contributed by atoms with E-state index in [2.05, 4.69) is 31.4 Å². The predicted molar refractivity (Wildman–Crippen MR) is 129 cm³/mol.